The maximum absolute atomic E-state index is 11.0. The number of carbonyl (C=O) groups is 2. The molecule has 1 fully saturated rings. The van der Waals surface area contributed by atoms with Crippen LogP contribution >= 0.6 is 0 Å². The van der Waals surface area contributed by atoms with Gasteiger partial charge in [-0.15, -0.1) is 0 Å². The zero-order valence-electron chi connectivity index (χ0n) is 9.49. The van der Waals surface area contributed by atoms with Crippen LogP contribution in [0.5, 0.6) is 0 Å². The molecule has 4 nitrogen and oxygen atoms in total. The molecule has 1 saturated heterocycles. The number of Topliss-reactive ketones (excluding diaryl/α,β-unsaturated/α-hetero) is 1. The molecule has 0 amide bonds. The summed E-state index contributed by atoms with van der Waals surface area (Å²) < 4.78 is 5.23. The molecule has 1 atom stereocenters. The highest BCUT2D eigenvalue weighted by atomic mass is 16.5. The molecule has 4 heteroatoms. The number of nitrogens with zero attached hydrogens (tertiary/aromatic N) is 1. The molecular formula is C11H19NO3. The summed E-state index contributed by atoms with van der Waals surface area (Å²) in [6, 6.07) is 0. The van der Waals surface area contributed by atoms with E-state index in [0.29, 0.717) is 12.8 Å². The summed E-state index contributed by atoms with van der Waals surface area (Å²) in [6.07, 6.45) is 1.95. The monoisotopic (exact) mass is 213 g/mol. The molecule has 0 spiro atoms. The van der Waals surface area contributed by atoms with Gasteiger partial charge in [0.05, 0.1) is 0 Å². The first-order chi connectivity index (χ1) is 7.11. The van der Waals surface area contributed by atoms with Crippen molar-refractivity contribution < 1.29 is 14.3 Å². The predicted molar refractivity (Wildman–Crippen MR) is 56.5 cm³/mol. The molecule has 15 heavy (non-hydrogen) atoms. The van der Waals surface area contributed by atoms with E-state index in [-0.39, 0.29) is 17.9 Å². The van der Waals surface area contributed by atoms with E-state index in [1.807, 2.05) is 0 Å². The third kappa shape index (κ3) is 4.42. The molecule has 86 valence electrons. The Bertz CT molecular complexity index is 240. The second-order valence-corrected chi connectivity index (χ2v) is 4.01. The van der Waals surface area contributed by atoms with Crippen LogP contribution in [0, 0.1) is 0 Å². The Kier molecular flexibility index (Phi) is 4.75. The van der Waals surface area contributed by atoms with Gasteiger partial charge in [-0.25, -0.2) is 0 Å². The zero-order valence-corrected chi connectivity index (χ0v) is 9.49. The normalized spacial score (nSPS) is 21.6. The number of esters is 1. The van der Waals surface area contributed by atoms with E-state index in [1.54, 1.807) is 13.8 Å². The second-order valence-electron chi connectivity index (χ2n) is 4.01. The zero-order chi connectivity index (χ0) is 11.3. The number of ether oxygens (including phenoxy) is 1. The van der Waals surface area contributed by atoms with Crippen molar-refractivity contribution in [3.05, 3.63) is 0 Å². The van der Waals surface area contributed by atoms with Gasteiger partial charge < -0.3 is 4.74 Å². The van der Waals surface area contributed by atoms with E-state index >= 15 is 0 Å². The quantitative estimate of drug-likeness (QED) is 0.639. The lowest BCUT2D eigenvalue weighted by Crippen LogP contribution is -2.26. The van der Waals surface area contributed by atoms with Crippen LogP contribution in [-0.4, -0.2) is 42.4 Å². The SMILES string of the molecule is CCC(=O)OC1CCN(CCC(C)=O)C1. The summed E-state index contributed by atoms with van der Waals surface area (Å²) in [5, 5.41) is 0. The fraction of sp³-hybridized carbons (Fsp3) is 0.818. The molecule has 0 aromatic rings. The third-order valence-electron chi connectivity index (χ3n) is 2.60. The van der Waals surface area contributed by atoms with Crippen molar-refractivity contribution in [1.82, 2.24) is 4.90 Å². The van der Waals surface area contributed by atoms with Crippen LogP contribution in [0.2, 0.25) is 0 Å². The minimum absolute atomic E-state index is 0.0319. The van der Waals surface area contributed by atoms with Gasteiger partial charge in [0.1, 0.15) is 11.9 Å². The number of rotatable bonds is 5. The van der Waals surface area contributed by atoms with E-state index in [0.717, 1.165) is 26.1 Å². The fourth-order valence-corrected chi connectivity index (χ4v) is 1.68. The minimum atomic E-state index is -0.131. The molecule has 0 N–H and O–H groups in total. The summed E-state index contributed by atoms with van der Waals surface area (Å²) in [6.45, 7) is 5.89. The van der Waals surface area contributed by atoms with Crippen molar-refractivity contribution in [2.75, 3.05) is 19.6 Å². The Morgan fingerprint density at radius 2 is 2.20 bits per heavy atom. The lowest BCUT2D eigenvalue weighted by molar-refractivity contribution is -0.148. The number of likely N-dealkylation sites (tertiary alicyclic amines) is 1. The molecule has 1 unspecified atom stereocenters. The Hall–Kier alpha value is -0.900. The van der Waals surface area contributed by atoms with Gasteiger partial charge in [0.25, 0.3) is 0 Å². The molecule has 0 aliphatic carbocycles. The first-order valence-electron chi connectivity index (χ1n) is 5.53. The van der Waals surface area contributed by atoms with Gasteiger partial charge >= 0.3 is 5.97 Å². The van der Waals surface area contributed by atoms with Crippen LogP contribution in [0.15, 0.2) is 0 Å². The van der Waals surface area contributed by atoms with Crippen LogP contribution in [0.4, 0.5) is 0 Å². The smallest absolute Gasteiger partial charge is 0.305 e. The standard InChI is InChI=1S/C11H19NO3/c1-3-11(14)15-10-5-7-12(8-10)6-4-9(2)13/h10H,3-8H2,1-2H3. The molecule has 0 aromatic heterocycles. The van der Waals surface area contributed by atoms with Gasteiger partial charge in [-0.05, 0) is 13.3 Å². The Balaban J connectivity index is 2.20. The molecular weight excluding hydrogens is 194 g/mol. The van der Waals surface area contributed by atoms with Crippen molar-refractivity contribution in [1.29, 1.82) is 0 Å². The van der Waals surface area contributed by atoms with E-state index in [4.69, 9.17) is 4.74 Å². The van der Waals surface area contributed by atoms with Gasteiger partial charge in [0, 0.05) is 32.5 Å². The average Bonchev–Trinajstić information content (AvgIpc) is 2.62. The van der Waals surface area contributed by atoms with Gasteiger partial charge in [-0.3, -0.25) is 14.5 Å². The second kappa shape index (κ2) is 5.85. The summed E-state index contributed by atoms with van der Waals surface area (Å²) in [5.41, 5.74) is 0. The first kappa shape index (κ1) is 12.2. The summed E-state index contributed by atoms with van der Waals surface area (Å²) >= 11 is 0. The third-order valence-corrected chi connectivity index (χ3v) is 2.60. The predicted octanol–water partition coefficient (Wildman–Crippen LogP) is 0.993. The summed E-state index contributed by atoms with van der Waals surface area (Å²) in [4.78, 5) is 24.0. The molecule has 1 aliphatic rings. The lowest BCUT2D eigenvalue weighted by Gasteiger charge is -2.15. The van der Waals surface area contributed by atoms with Crippen LogP contribution in [-0.2, 0) is 14.3 Å². The van der Waals surface area contributed by atoms with Gasteiger partial charge in [0.2, 0.25) is 0 Å². The summed E-state index contributed by atoms with van der Waals surface area (Å²) in [5.74, 6) is 0.0809. The maximum Gasteiger partial charge on any atom is 0.305 e. The van der Waals surface area contributed by atoms with Crippen molar-refractivity contribution in [3.8, 4) is 0 Å². The molecule has 1 rings (SSSR count). The van der Waals surface area contributed by atoms with Crippen LogP contribution in [0.3, 0.4) is 0 Å². The van der Waals surface area contributed by atoms with Crippen LogP contribution in [0.25, 0.3) is 0 Å². The van der Waals surface area contributed by atoms with Crippen molar-refractivity contribution >= 4 is 11.8 Å². The molecule has 0 radical (unpaired) electrons. The number of ketones is 1. The number of hydrogen-bond acceptors (Lipinski definition) is 4. The largest absolute Gasteiger partial charge is 0.461 e. The van der Waals surface area contributed by atoms with Crippen LogP contribution in [0.1, 0.15) is 33.1 Å². The van der Waals surface area contributed by atoms with Crippen molar-refractivity contribution in [3.63, 3.8) is 0 Å². The van der Waals surface area contributed by atoms with Crippen molar-refractivity contribution in [2.45, 2.75) is 39.2 Å². The highest BCUT2D eigenvalue weighted by Gasteiger charge is 2.24. The minimum Gasteiger partial charge on any atom is -0.461 e. The number of carbonyl (C=O) groups excluding carboxylic acids is 2. The van der Waals surface area contributed by atoms with E-state index in [2.05, 4.69) is 4.90 Å². The number of hydrogen-bond donors (Lipinski definition) is 0. The molecule has 0 aromatic carbocycles. The molecule has 0 saturated carbocycles. The highest BCUT2D eigenvalue weighted by molar-refractivity contribution is 5.75. The lowest BCUT2D eigenvalue weighted by atomic mass is 10.3. The topological polar surface area (TPSA) is 46.6 Å². The summed E-state index contributed by atoms with van der Waals surface area (Å²) in [7, 11) is 0. The first-order valence-corrected chi connectivity index (χ1v) is 5.53. The Morgan fingerprint density at radius 1 is 1.47 bits per heavy atom. The Morgan fingerprint density at radius 3 is 2.80 bits per heavy atom. The van der Waals surface area contributed by atoms with Gasteiger partial charge in [0.15, 0.2) is 0 Å². The maximum atomic E-state index is 11.0. The fourth-order valence-electron chi connectivity index (χ4n) is 1.68. The van der Waals surface area contributed by atoms with Crippen LogP contribution < -0.4 is 0 Å². The highest BCUT2D eigenvalue weighted by Crippen LogP contribution is 2.13. The van der Waals surface area contributed by atoms with Gasteiger partial charge in [-0.2, -0.15) is 0 Å². The molecule has 1 aliphatic heterocycles. The van der Waals surface area contributed by atoms with Gasteiger partial charge in [-0.1, -0.05) is 6.92 Å². The van der Waals surface area contributed by atoms with E-state index in [1.165, 1.54) is 0 Å². The average molecular weight is 213 g/mol. The van der Waals surface area contributed by atoms with Crippen molar-refractivity contribution in [2.24, 2.45) is 0 Å². The molecule has 0 bridgehead atoms. The van der Waals surface area contributed by atoms with E-state index in [9.17, 15) is 9.59 Å². The molecule has 1 heterocycles. The Labute approximate surface area is 90.6 Å². The van der Waals surface area contributed by atoms with E-state index < -0.39 is 0 Å².